The van der Waals surface area contributed by atoms with Crippen LogP contribution in [0.5, 0.6) is 0 Å². The molecule has 3 aliphatic rings. The first-order valence-electron chi connectivity index (χ1n) is 15.1. The zero-order valence-electron chi connectivity index (χ0n) is 23.7. The molecule has 210 valence electrons. The lowest BCUT2D eigenvalue weighted by Gasteiger charge is -2.39. The van der Waals surface area contributed by atoms with Crippen LogP contribution in [-0.4, -0.2) is 48.6 Å². The number of hydrogen-bond donors (Lipinski definition) is 1. The molecular weight excluding hydrogens is 496 g/mol. The lowest BCUT2D eigenvalue weighted by Crippen LogP contribution is -2.45. The Morgan fingerprint density at radius 1 is 1.02 bits per heavy atom. The minimum Gasteiger partial charge on any atom is -0.461 e. The highest BCUT2D eigenvalue weighted by atomic mass is 16.5. The average molecular weight is 539 g/mol. The fourth-order valence-corrected chi connectivity index (χ4v) is 6.92. The van der Waals surface area contributed by atoms with Crippen LogP contribution in [0, 0.1) is 5.92 Å². The number of carbonyl (C=O) groups excluding carboxylic acids is 1. The maximum Gasteiger partial charge on any atom is 0.306 e. The van der Waals surface area contributed by atoms with E-state index in [0.29, 0.717) is 31.0 Å². The Bertz CT molecular complexity index is 1290. The van der Waals surface area contributed by atoms with E-state index in [1.165, 1.54) is 40.9 Å². The molecule has 6 rings (SSSR count). The molecule has 6 heteroatoms. The van der Waals surface area contributed by atoms with Crippen molar-refractivity contribution in [2.75, 3.05) is 31.6 Å². The number of aryl methyl sites for hydroxylation is 1. The van der Waals surface area contributed by atoms with Gasteiger partial charge in [0.25, 0.3) is 0 Å². The fourth-order valence-electron chi connectivity index (χ4n) is 6.92. The van der Waals surface area contributed by atoms with Gasteiger partial charge in [-0.2, -0.15) is 0 Å². The third-order valence-electron chi connectivity index (χ3n) is 9.14. The highest BCUT2D eigenvalue weighted by molar-refractivity contribution is 5.69. The number of piperidine rings is 1. The monoisotopic (exact) mass is 538 g/mol. The molecule has 1 aromatic heterocycles. The quantitative estimate of drug-likeness (QED) is 0.385. The van der Waals surface area contributed by atoms with Gasteiger partial charge in [0.2, 0.25) is 0 Å². The SMILES string of the molecule is CN(C[C@@H]1Cc2c(cccc2N2CCC(CC(=O)OCc3ccccc3)CC2)CN1)[C@H]1CCCc2cccnc21. The number of aromatic nitrogens is 1. The molecule has 0 spiro atoms. The first-order valence-corrected chi connectivity index (χ1v) is 15.1. The Labute approximate surface area is 238 Å². The number of rotatable bonds is 8. The van der Waals surface area contributed by atoms with E-state index in [4.69, 9.17) is 9.72 Å². The van der Waals surface area contributed by atoms with Crippen molar-refractivity contribution in [1.29, 1.82) is 0 Å². The number of fused-ring (bicyclic) bond motifs is 2. The lowest BCUT2D eigenvalue weighted by atomic mass is 9.89. The minimum atomic E-state index is -0.0757. The fraction of sp³-hybridized carbons (Fsp3) is 0.471. The molecule has 2 aromatic carbocycles. The second kappa shape index (κ2) is 12.5. The van der Waals surface area contributed by atoms with Gasteiger partial charge in [-0.25, -0.2) is 0 Å². The number of anilines is 1. The van der Waals surface area contributed by atoms with Gasteiger partial charge in [-0.05, 0) is 85.9 Å². The van der Waals surface area contributed by atoms with Crippen LogP contribution in [0.3, 0.4) is 0 Å². The summed E-state index contributed by atoms with van der Waals surface area (Å²) in [6.45, 7) is 4.29. The molecule has 0 radical (unpaired) electrons. The lowest BCUT2D eigenvalue weighted by molar-refractivity contribution is -0.146. The van der Waals surface area contributed by atoms with Gasteiger partial charge in [0.15, 0.2) is 0 Å². The van der Waals surface area contributed by atoms with Crippen LogP contribution in [0.15, 0.2) is 66.9 Å². The van der Waals surface area contributed by atoms with E-state index < -0.39 is 0 Å². The molecule has 6 nitrogen and oxygen atoms in total. The zero-order chi connectivity index (χ0) is 27.3. The summed E-state index contributed by atoms with van der Waals surface area (Å²) in [6, 6.07) is 21.9. The highest BCUT2D eigenvalue weighted by Crippen LogP contribution is 2.35. The van der Waals surface area contributed by atoms with E-state index in [-0.39, 0.29) is 5.97 Å². The van der Waals surface area contributed by atoms with Gasteiger partial charge >= 0.3 is 5.97 Å². The Balaban J connectivity index is 1.04. The molecule has 0 saturated carbocycles. The van der Waals surface area contributed by atoms with Gasteiger partial charge in [-0.3, -0.25) is 14.7 Å². The third-order valence-corrected chi connectivity index (χ3v) is 9.14. The van der Waals surface area contributed by atoms with Crippen LogP contribution in [0.1, 0.15) is 66.1 Å². The molecule has 3 aromatic rings. The Hall–Kier alpha value is -3.22. The predicted molar refractivity (Wildman–Crippen MR) is 159 cm³/mol. The second-order valence-corrected chi connectivity index (χ2v) is 11.9. The highest BCUT2D eigenvalue weighted by Gasteiger charge is 2.30. The van der Waals surface area contributed by atoms with Gasteiger partial charge in [-0.1, -0.05) is 48.5 Å². The Kier molecular flexibility index (Phi) is 8.45. The van der Waals surface area contributed by atoms with Gasteiger partial charge in [-0.15, -0.1) is 0 Å². The summed E-state index contributed by atoms with van der Waals surface area (Å²) < 4.78 is 5.56. The maximum atomic E-state index is 12.5. The molecule has 1 aliphatic carbocycles. The van der Waals surface area contributed by atoms with E-state index in [9.17, 15) is 4.79 Å². The van der Waals surface area contributed by atoms with Crippen LogP contribution in [0.4, 0.5) is 5.69 Å². The van der Waals surface area contributed by atoms with E-state index in [0.717, 1.165) is 57.4 Å². The van der Waals surface area contributed by atoms with Crippen molar-refractivity contribution in [2.45, 2.75) is 70.2 Å². The van der Waals surface area contributed by atoms with Crippen LogP contribution in [-0.2, 0) is 35.5 Å². The van der Waals surface area contributed by atoms with Gasteiger partial charge < -0.3 is 15.0 Å². The number of nitrogens with zero attached hydrogens (tertiary/aromatic N) is 3. The van der Waals surface area contributed by atoms with E-state index in [2.05, 4.69) is 52.5 Å². The molecule has 1 fully saturated rings. The summed E-state index contributed by atoms with van der Waals surface area (Å²) in [7, 11) is 2.27. The molecule has 3 heterocycles. The molecule has 1 saturated heterocycles. The minimum absolute atomic E-state index is 0.0757. The topological polar surface area (TPSA) is 57.7 Å². The molecular formula is C34H42N4O2. The zero-order valence-corrected chi connectivity index (χ0v) is 23.7. The Morgan fingerprint density at radius 3 is 2.70 bits per heavy atom. The van der Waals surface area contributed by atoms with E-state index in [1.807, 2.05) is 36.5 Å². The first-order chi connectivity index (χ1) is 19.6. The number of esters is 1. The van der Waals surface area contributed by atoms with Crippen LogP contribution in [0.2, 0.25) is 0 Å². The molecule has 2 aliphatic heterocycles. The number of ether oxygens (including phenoxy) is 1. The summed E-state index contributed by atoms with van der Waals surface area (Å²) in [5, 5.41) is 3.82. The number of likely N-dealkylation sites (N-methyl/N-ethyl adjacent to an activating group) is 1. The van der Waals surface area contributed by atoms with Gasteiger partial charge in [0.1, 0.15) is 6.61 Å². The van der Waals surface area contributed by atoms with Crippen molar-refractivity contribution in [3.63, 3.8) is 0 Å². The maximum absolute atomic E-state index is 12.5. The van der Waals surface area contributed by atoms with Crippen molar-refractivity contribution >= 4 is 11.7 Å². The molecule has 40 heavy (non-hydrogen) atoms. The molecule has 1 N–H and O–H groups in total. The van der Waals surface area contributed by atoms with E-state index >= 15 is 0 Å². The number of benzene rings is 2. The number of pyridine rings is 1. The van der Waals surface area contributed by atoms with Crippen molar-refractivity contribution in [1.82, 2.24) is 15.2 Å². The van der Waals surface area contributed by atoms with Crippen LogP contribution in [0.25, 0.3) is 0 Å². The standard InChI is InChI=1S/C34H42N4O2/c1-37(32-14-5-10-27-12-7-17-35-34(27)32)23-29-21-30-28(22-36-29)11-6-13-31(30)38-18-15-25(16-19-38)20-33(39)40-24-26-8-3-2-4-9-26/h2-4,6-9,11-13,17,25,29,32,36H,5,10,14-16,18-24H2,1H3/t29-,32-/m0/s1. The van der Waals surface area contributed by atoms with Gasteiger partial charge in [0.05, 0.1) is 11.7 Å². The van der Waals surface area contributed by atoms with Crippen LogP contribution >= 0.6 is 0 Å². The summed E-state index contributed by atoms with van der Waals surface area (Å²) in [5.41, 5.74) is 8.05. The number of hydrogen-bond acceptors (Lipinski definition) is 6. The summed E-state index contributed by atoms with van der Waals surface area (Å²) in [4.78, 5) is 22.3. The smallest absolute Gasteiger partial charge is 0.306 e. The Morgan fingerprint density at radius 2 is 1.85 bits per heavy atom. The summed E-state index contributed by atoms with van der Waals surface area (Å²) in [5.74, 6) is 0.322. The summed E-state index contributed by atoms with van der Waals surface area (Å²) in [6.07, 6.45) is 9.14. The summed E-state index contributed by atoms with van der Waals surface area (Å²) >= 11 is 0. The normalized spacial score (nSPS) is 21.1. The molecule has 0 unspecified atom stereocenters. The van der Waals surface area contributed by atoms with Gasteiger partial charge in [0, 0.05) is 50.5 Å². The third kappa shape index (κ3) is 6.24. The van der Waals surface area contributed by atoms with Crippen LogP contribution < -0.4 is 10.2 Å². The number of nitrogens with one attached hydrogen (secondary N) is 1. The predicted octanol–water partition coefficient (Wildman–Crippen LogP) is 5.46. The van der Waals surface area contributed by atoms with Crippen molar-refractivity contribution in [2.24, 2.45) is 5.92 Å². The van der Waals surface area contributed by atoms with E-state index in [1.54, 1.807) is 0 Å². The van der Waals surface area contributed by atoms with Crippen molar-refractivity contribution < 1.29 is 9.53 Å². The average Bonchev–Trinajstić information content (AvgIpc) is 3.00. The first kappa shape index (κ1) is 27.0. The largest absolute Gasteiger partial charge is 0.461 e. The molecule has 0 amide bonds. The second-order valence-electron chi connectivity index (χ2n) is 11.9. The van der Waals surface area contributed by atoms with Crippen molar-refractivity contribution in [3.05, 3.63) is 94.8 Å². The molecule has 2 atom stereocenters. The van der Waals surface area contributed by atoms with Crippen molar-refractivity contribution in [3.8, 4) is 0 Å². The molecule has 0 bridgehead atoms. The number of carbonyl (C=O) groups is 1.